The van der Waals surface area contributed by atoms with Crippen LogP contribution in [0.15, 0.2) is 24.3 Å². The van der Waals surface area contributed by atoms with Gasteiger partial charge in [-0.3, -0.25) is 9.80 Å². The summed E-state index contributed by atoms with van der Waals surface area (Å²) in [5, 5.41) is 9.28. The summed E-state index contributed by atoms with van der Waals surface area (Å²) in [7, 11) is 0. The van der Waals surface area contributed by atoms with E-state index in [4.69, 9.17) is 0 Å². The monoisotopic (exact) mass is 276 g/mol. The zero-order valence-corrected chi connectivity index (χ0v) is 13.0. The Bertz CT molecular complexity index is 402. The number of rotatable bonds is 5. The topological polar surface area (TPSA) is 26.7 Å². The smallest absolute Gasteiger partial charge is 0.0446 e. The number of aliphatic hydroxyl groups excluding tert-OH is 1. The van der Waals surface area contributed by atoms with Gasteiger partial charge in [0.15, 0.2) is 0 Å². The Morgan fingerprint density at radius 2 is 1.90 bits per heavy atom. The van der Waals surface area contributed by atoms with Crippen molar-refractivity contribution in [3.05, 3.63) is 35.4 Å². The Kier molecular flexibility index (Phi) is 5.58. The molecule has 0 saturated carbocycles. The van der Waals surface area contributed by atoms with Crippen LogP contribution in [0.5, 0.6) is 0 Å². The van der Waals surface area contributed by atoms with E-state index in [0.29, 0.717) is 12.1 Å². The highest BCUT2D eigenvalue weighted by molar-refractivity contribution is 5.21. The summed E-state index contributed by atoms with van der Waals surface area (Å²) in [6, 6.07) is 9.87. The molecular formula is C17H28N2O. The second kappa shape index (κ2) is 7.21. The van der Waals surface area contributed by atoms with Crippen molar-refractivity contribution in [2.45, 2.75) is 45.8 Å². The van der Waals surface area contributed by atoms with Gasteiger partial charge in [-0.05, 0) is 32.8 Å². The molecule has 0 spiro atoms. The first-order valence-electron chi connectivity index (χ1n) is 7.74. The van der Waals surface area contributed by atoms with Crippen LogP contribution in [-0.4, -0.2) is 53.2 Å². The predicted molar refractivity (Wildman–Crippen MR) is 83.8 cm³/mol. The van der Waals surface area contributed by atoms with Crippen molar-refractivity contribution in [3.8, 4) is 0 Å². The van der Waals surface area contributed by atoms with Crippen molar-refractivity contribution in [1.29, 1.82) is 0 Å². The molecule has 0 aliphatic carbocycles. The van der Waals surface area contributed by atoms with E-state index in [1.807, 2.05) is 0 Å². The van der Waals surface area contributed by atoms with Gasteiger partial charge in [-0.1, -0.05) is 29.8 Å². The average molecular weight is 276 g/mol. The van der Waals surface area contributed by atoms with Crippen molar-refractivity contribution >= 4 is 0 Å². The van der Waals surface area contributed by atoms with Crippen LogP contribution in [0.25, 0.3) is 0 Å². The number of hydrogen-bond donors (Lipinski definition) is 1. The molecule has 1 aliphatic heterocycles. The van der Waals surface area contributed by atoms with E-state index in [-0.39, 0.29) is 6.61 Å². The molecule has 0 bridgehead atoms. The number of hydrogen-bond acceptors (Lipinski definition) is 3. The highest BCUT2D eigenvalue weighted by Gasteiger charge is 2.27. The predicted octanol–water partition coefficient (Wildman–Crippen LogP) is 2.27. The summed E-state index contributed by atoms with van der Waals surface area (Å²) in [6.45, 7) is 11.2. The lowest BCUT2D eigenvalue weighted by Crippen LogP contribution is -2.55. The molecule has 1 aromatic rings. The fourth-order valence-corrected chi connectivity index (χ4v) is 3.11. The molecule has 1 aliphatic rings. The van der Waals surface area contributed by atoms with Gasteiger partial charge in [0.05, 0.1) is 0 Å². The number of nitrogens with zero attached hydrogens (tertiary/aromatic N) is 2. The van der Waals surface area contributed by atoms with E-state index in [9.17, 15) is 5.11 Å². The van der Waals surface area contributed by atoms with Crippen molar-refractivity contribution in [2.75, 3.05) is 26.2 Å². The van der Waals surface area contributed by atoms with Crippen molar-refractivity contribution in [1.82, 2.24) is 9.80 Å². The molecule has 2 rings (SSSR count). The summed E-state index contributed by atoms with van der Waals surface area (Å²) >= 11 is 0. The molecule has 1 N–H and O–H groups in total. The maximum Gasteiger partial charge on any atom is 0.0446 e. The van der Waals surface area contributed by atoms with Gasteiger partial charge in [0, 0.05) is 44.9 Å². The lowest BCUT2D eigenvalue weighted by molar-refractivity contribution is 0.0349. The van der Waals surface area contributed by atoms with Crippen LogP contribution in [0.1, 0.15) is 31.4 Å². The third-order valence-corrected chi connectivity index (χ3v) is 4.26. The van der Waals surface area contributed by atoms with Crippen LogP contribution >= 0.6 is 0 Å². The van der Waals surface area contributed by atoms with Gasteiger partial charge in [0.2, 0.25) is 0 Å². The molecule has 1 atom stereocenters. The number of aliphatic hydroxyl groups is 1. The van der Waals surface area contributed by atoms with Crippen molar-refractivity contribution in [2.24, 2.45) is 0 Å². The highest BCUT2D eigenvalue weighted by atomic mass is 16.3. The molecule has 0 amide bonds. The van der Waals surface area contributed by atoms with Gasteiger partial charge in [-0.2, -0.15) is 0 Å². The van der Waals surface area contributed by atoms with E-state index < -0.39 is 0 Å². The largest absolute Gasteiger partial charge is 0.396 e. The Hall–Kier alpha value is -0.900. The molecule has 0 radical (unpaired) electrons. The summed E-state index contributed by atoms with van der Waals surface area (Å²) in [6.07, 6.45) is 0.878. The zero-order chi connectivity index (χ0) is 14.5. The third kappa shape index (κ3) is 4.05. The molecule has 0 unspecified atom stereocenters. The lowest BCUT2D eigenvalue weighted by Gasteiger charge is -2.43. The summed E-state index contributed by atoms with van der Waals surface area (Å²) in [5.41, 5.74) is 2.70. The lowest BCUT2D eigenvalue weighted by atomic mass is 10.1. The summed E-state index contributed by atoms with van der Waals surface area (Å²) < 4.78 is 0. The first kappa shape index (κ1) is 15.5. The van der Waals surface area contributed by atoms with Crippen LogP contribution in [-0.2, 0) is 6.54 Å². The first-order chi connectivity index (χ1) is 9.60. The molecule has 3 heteroatoms. The average Bonchev–Trinajstić information content (AvgIpc) is 2.42. The van der Waals surface area contributed by atoms with Crippen LogP contribution in [0, 0.1) is 6.92 Å². The van der Waals surface area contributed by atoms with E-state index in [0.717, 1.165) is 32.6 Å². The SMILES string of the molecule is Cc1ccc(CN2CCN(C(C)C)[C@H](CCO)C2)cc1. The van der Waals surface area contributed by atoms with Gasteiger partial charge < -0.3 is 5.11 Å². The van der Waals surface area contributed by atoms with Gasteiger partial charge >= 0.3 is 0 Å². The minimum absolute atomic E-state index is 0.284. The number of benzene rings is 1. The molecule has 1 aromatic carbocycles. The molecule has 1 heterocycles. The van der Waals surface area contributed by atoms with E-state index >= 15 is 0 Å². The summed E-state index contributed by atoms with van der Waals surface area (Å²) in [4.78, 5) is 5.05. The minimum atomic E-state index is 0.284. The van der Waals surface area contributed by atoms with Crippen molar-refractivity contribution < 1.29 is 5.11 Å². The Balaban J connectivity index is 1.95. The molecule has 0 aromatic heterocycles. The van der Waals surface area contributed by atoms with Crippen LogP contribution in [0.2, 0.25) is 0 Å². The Labute approximate surface area is 123 Å². The first-order valence-corrected chi connectivity index (χ1v) is 7.74. The third-order valence-electron chi connectivity index (χ3n) is 4.26. The fourth-order valence-electron chi connectivity index (χ4n) is 3.11. The molecular weight excluding hydrogens is 248 g/mol. The normalized spacial score (nSPS) is 21.6. The van der Waals surface area contributed by atoms with Gasteiger partial charge in [0.1, 0.15) is 0 Å². The standard InChI is InChI=1S/C17H28N2O/c1-14(2)19-10-9-18(13-17(19)8-11-20)12-16-6-4-15(3)5-7-16/h4-7,14,17,20H,8-13H2,1-3H3/t17-/m1/s1. The Morgan fingerprint density at radius 1 is 1.20 bits per heavy atom. The fraction of sp³-hybridized carbons (Fsp3) is 0.647. The van der Waals surface area contributed by atoms with Gasteiger partial charge in [-0.25, -0.2) is 0 Å². The maximum atomic E-state index is 9.28. The second-order valence-corrected chi connectivity index (χ2v) is 6.22. The zero-order valence-electron chi connectivity index (χ0n) is 13.0. The molecule has 112 valence electrons. The highest BCUT2D eigenvalue weighted by Crippen LogP contribution is 2.18. The molecule has 3 nitrogen and oxygen atoms in total. The van der Waals surface area contributed by atoms with Crippen LogP contribution in [0.4, 0.5) is 0 Å². The van der Waals surface area contributed by atoms with Crippen LogP contribution in [0.3, 0.4) is 0 Å². The van der Waals surface area contributed by atoms with E-state index in [2.05, 4.69) is 54.8 Å². The number of aryl methyl sites for hydroxylation is 1. The number of piperazine rings is 1. The van der Waals surface area contributed by atoms with E-state index in [1.165, 1.54) is 11.1 Å². The Morgan fingerprint density at radius 3 is 2.50 bits per heavy atom. The minimum Gasteiger partial charge on any atom is -0.396 e. The quantitative estimate of drug-likeness (QED) is 0.894. The van der Waals surface area contributed by atoms with Crippen LogP contribution < -0.4 is 0 Å². The van der Waals surface area contributed by atoms with Gasteiger partial charge in [0.25, 0.3) is 0 Å². The van der Waals surface area contributed by atoms with Gasteiger partial charge in [-0.15, -0.1) is 0 Å². The maximum absolute atomic E-state index is 9.28. The van der Waals surface area contributed by atoms with Crippen molar-refractivity contribution in [3.63, 3.8) is 0 Å². The summed E-state index contributed by atoms with van der Waals surface area (Å²) in [5.74, 6) is 0. The van der Waals surface area contributed by atoms with E-state index in [1.54, 1.807) is 0 Å². The molecule has 1 saturated heterocycles. The molecule has 1 fully saturated rings. The molecule has 20 heavy (non-hydrogen) atoms. The second-order valence-electron chi connectivity index (χ2n) is 6.22.